The Bertz CT molecular complexity index is 683. The van der Waals surface area contributed by atoms with Crippen molar-refractivity contribution in [2.75, 3.05) is 6.54 Å². The number of halogens is 3. The molecule has 2 aromatic rings. The van der Waals surface area contributed by atoms with Crippen LogP contribution in [0.15, 0.2) is 16.8 Å². The van der Waals surface area contributed by atoms with Gasteiger partial charge in [0.15, 0.2) is 0 Å². The summed E-state index contributed by atoms with van der Waals surface area (Å²) in [6.45, 7) is 0.196. The third-order valence-corrected chi connectivity index (χ3v) is 4.20. The Morgan fingerprint density at radius 2 is 2.14 bits per heavy atom. The van der Waals surface area contributed by atoms with Crippen LogP contribution in [0.4, 0.5) is 13.2 Å². The van der Waals surface area contributed by atoms with Gasteiger partial charge in [0.05, 0.1) is 6.54 Å². The van der Waals surface area contributed by atoms with Crippen LogP contribution in [0, 0.1) is 0 Å². The molecule has 0 radical (unpaired) electrons. The zero-order valence-electron chi connectivity index (χ0n) is 11.1. The molecule has 0 saturated heterocycles. The molecule has 3 rings (SSSR count). The van der Waals surface area contributed by atoms with Crippen LogP contribution in [0.2, 0.25) is 0 Å². The minimum Gasteiger partial charge on any atom is -0.480 e. The highest BCUT2D eigenvalue weighted by molar-refractivity contribution is 7.08. The average molecular weight is 332 g/mol. The number of nitrogens with zero attached hydrogens (tertiary/aromatic N) is 4. The maximum absolute atomic E-state index is 12.8. The van der Waals surface area contributed by atoms with Crippen LogP contribution in [0.5, 0.6) is 0 Å². The van der Waals surface area contributed by atoms with Crippen LogP contribution < -0.4 is 0 Å². The molecular formula is C12H11F3N4O2S. The minimum absolute atomic E-state index is 0.00505. The molecule has 2 aromatic heterocycles. The summed E-state index contributed by atoms with van der Waals surface area (Å²) in [5.74, 6) is -1.95. The Morgan fingerprint density at radius 3 is 2.73 bits per heavy atom. The number of rotatable bonds is 3. The average Bonchev–Trinajstić information content (AvgIpc) is 3.05. The van der Waals surface area contributed by atoms with Gasteiger partial charge in [-0.15, -0.1) is 10.2 Å². The summed E-state index contributed by atoms with van der Waals surface area (Å²) in [6.07, 6.45) is -4.56. The van der Waals surface area contributed by atoms with Crippen LogP contribution in [0.1, 0.15) is 23.3 Å². The fraction of sp³-hybridized carbons (Fsp3) is 0.417. The second kappa shape index (κ2) is 5.36. The van der Waals surface area contributed by atoms with Gasteiger partial charge in [-0.3, -0.25) is 9.69 Å². The summed E-state index contributed by atoms with van der Waals surface area (Å²) in [5.41, 5.74) is 0.613. The molecule has 1 N–H and O–H groups in total. The van der Waals surface area contributed by atoms with Gasteiger partial charge in [0.25, 0.3) is 0 Å². The molecule has 22 heavy (non-hydrogen) atoms. The summed E-state index contributed by atoms with van der Waals surface area (Å²) in [4.78, 5) is 13.1. The highest BCUT2D eigenvalue weighted by Gasteiger charge is 2.40. The van der Waals surface area contributed by atoms with Gasteiger partial charge in [0.1, 0.15) is 11.9 Å². The number of aliphatic carboxylic acids is 1. The van der Waals surface area contributed by atoms with Crippen molar-refractivity contribution in [3.63, 3.8) is 0 Å². The lowest BCUT2D eigenvalue weighted by Gasteiger charge is -2.32. The summed E-state index contributed by atoms with van der Waals surface area (Å²) in [5, 5.41) is 19.6. The second-order valence-corrected chi connectivity index (χ2v) is 5.64. The maximum Gasteiger partial charge on any atom is 0.451 e. The highest BCUT2D eigenvalue weighted by atomic mass is 32.1. The van der Waals surface area contributed by atoms with Gasteiger partial charge in [0.2, 0.25) is 5.82 Å². The molecule has 1 aliphatic heterocycles. The zero-order chi connectivity index (χ0) is 15.9. The standard InChI is InChI=1S/C12H11F3N4O2S/c13-12(14,15)11-17-16-8-5-18(2-3-19(8)11)9(10(20)21)7-1-4-22-6-7/h1,4,6,9H,2-3,5H2,(H,20,21). The Labute approximate surface area is 126 Å². The van der Waals surface area contributed by atoms with Gasteiger partial charge in [-0.1, -0.05) is 0 Å². The van der Waals surface area contributed by atoms with Crippen molar-refractivity contribution in [2.24, 2.45) is 0 Å². The number of carboxylic acid groups (broad SMARTS) is 1. The quantitative estimate of drug-likeness (QED) is 0.931. The summed E-state index contributed by atoms with van der Waals surface area (Å²) in [6, 6.07) is 0.801. The van der Waals surface area contributed by atoms with Crippen molar-refractivity contribution in [1.82, 2.24) is 19.7 Å². The molecule has 0 spiro atoms. The van der Waals surface area contributed by atoms with E-state index in [0.29, 0.717) is 5.56 Å². The molecule has 0 aliphatic carbocycles. The van der Waals surface area contributed by atoms with Gasteiger partial charge in [0, 0.05) is 13.1 Å². The first kappa shape index (κ1) is 15.0. The van der Waals surface area contributed by atoms with Crippen molar-refractivity contribution in [1.29, 1.82) is 0 Å². The summed E-state index contributed by atoms with van der Waals surface area (Å²) < 4.78 is 39.4. The number of fused-ring (bicyclic) bond motifs is 1. The zero-order valence-corrected chi connectivity index (χ0v) is 11.9. The molecule has 0 fully saturated rings. The maximum atomic E-state index is 12.8. The van der Waals surface area contributed by atoms with Gasteiger partial charge in [-0.05, 0) is 22.4 Å². The summed E-state index contributed by atoms with van der Waals surface area (Å²) >= 11 is 1.37. The van der Waals surface area contributed by atoms with Crippen LogP contribution in [0.25, 0.3) is 0 Å². The molecule has 6 nitrogen and oxygen atoms in total. The van der Waals surface area contributed by atoms with E-state index in [1.165, 1.54) is 11.3 Å². The van der Waals surface area contributed by atoms with E-state index in [2.05, 4.69) is 10.2 Å². The Hall–Kier alpha value is -1.94. The monoisotopic (exact) mass is 332 g/mol. The van der Waals surface area contributed by atoms with E-state index in [1.54, 1.807) is 21.7 Å². The molecule has 1 aliphatic rings. The van der Waals surface area contributed by atoms with E-state index < -0.39 is 24.0 Å². The largest absolute Gasteiger partial charge is 0.480 e. The van der Waals surface area contributed by atoms with E-state index in [-0.39, 0.29) is 25.5 Å². The highest BCUT2D eigenvalue weighted by Crippen LogP contribution is 2.32. The van der Waals surface area contributed by atoms with E-state index in [4.69, 9.17) is 0 Å². The predicted octanol–water partition coefficient (Wildman–Crippen LogP) is 2.00. The number of hydrogen-bond acceptors (Lipinski definition) is 5. The second-order valence-electron chi connectivity index (χ2n) is 4.86. The van der Waals surface area contributed by atoms with Crippen LogP contribution in [-0.4, -0.2) is 37.3 Å². The number of thiophene rings is 1. The van der Waals surface area contributed by atoms with E-state index in [1.807, 2.05) is 0 Å². The van der Waals surface area contributed by atoms with E-state index in [9.17, 15) is 23.1 Å². The van der Waals surface area contributed by atoms with E-state index >= 15 is 0 Å². The van der Waals surface area contributed by atoms with Crippen LogP contribution >= 0.6 is 11.3 Å². The molecule has 0 amide bonds. The first-order valence-electron chi connectivity index (χ1n) is 6.36. The van der Waals surface area contributed by atoms with Crippen molar-refractivity contribution >= 4 is 17.3 Å². The number of alkyl halides is 3. The fourth-order valence-electron chi connectivity index (χ4n) is 2.55. The molecule has 10 heteroatoms. The topological polar surface area (TPSA) is 71.2 Å². The molecular weight excluding hydrogens is 321 g/mol. The minimum atomic E-state index is -4.56. The van der Waals surface area contributed by atoms with Gasteiger partial charge < -0.3 is 9.67 Å². The van der Waals surface area contributed by atoms with Gasteiger partial charge in [-0.2, -0.15) is 24.5 Å². The lowest BCUT2D eigenvalue weighted by molar-refractivity contribution is -0.149. The molecule has 118 valence electrons. The normalized spacial score (nSPS) is 17.2. The molecule has 3 heterocycles. The van der Waals surface area contributed by atoms with Crippen molar-refractivity contribution in [3.05, 3.63) is 34.0 Å². The number of hydrogen-bond donors (Lipinski definition) is 1. The van der Waals surface area contributed by atoms with Crippen molar-refractivity contribution < 1.29 is 23.1 Å². The third-order valence-electron chi connectivity index (χ3n) is 3.49. The molecule has 1 unspecified atom stereocenters. The third kappa shape index (κ3) is 2.59. The van der Waals surface area contributed by atoms with Crippen LogP contribution in [-0.2, 0) is 24.1 Å². The molecule has 1 atom stereocenters. The molecule has 0 aromatic carbocycles. The molecule has 0 bridgehead atoms. The van der Waals surface area contributed by atoms with Crippen LogP contribution in [0.3, 0.4) is 0 Å². The fourth-order valence-corrected chi connectivity index (χ4v) is 3.23. The Kier molecular flexibility index (Phi) is 3.65. The predicted molar refractivity (Wildman–Crippen MR) is 70.1 cm³/mol. The smallest absolute Gasteiger partial charge is 0.451 e. The van der Waals surface area contributed by atoms with Gasteiger partial charge in [-0.25, -0.2) is 0 Å². The van der Waals surface area contributed by atoms with Crippen molar-refractivity contribution in [2.45, 2.75) is 25.3 Å². The number of carbonyl (C=O) groups is 1. The Morgan fingerprint density at radius 1 is 1.36 bits per heavy atom. The van der Waals surface area contributed by atoms with Gasteiger partial charge >= 0.3 is 12.1 Å². The first-order valence-corrected chi connectivity index (χ1v) is 7.30. The first-order chi connectivity index (χ1) is 10.4. The lowest BCUT2D eigenvalue weighted by atomic mass is 10.1. The lowest BCUT2D eigenvalue weighted by Crippen LogP contribution is -2.40. The number of carboxylic acids is 1. The van der Waals surface area contributed by atoms with Crippen molar-refractivity contribution in [3.8, 4) is 0 Å². The summed E-state index contributed by atoms with van der Waals surface area (Å²) in [7, 11) is 0. The van der Waals surface area contributed by atoms with E-state index in [0.717, 1.165) is 4.57 Å². The Balaban J connectivity index is 1.88. The SMILES string of the molecule is O=C(O)C(c1ccsc1)N1CCn2c(nnc2C(F)(F)F)C1. The number of aromatic nitrogens is 3. The molecule has 0 saturated carbocycles.